The molecule has 2 heterocycles. The first-order valence-electron chi connectivity index (χ1n) is 15.3. The van der Waals surface area contributed by atoms with Crippen LogP contribution in [0.5, 0.6) is 5.75 Å². The Morgan fingerprint density at radius 2 is 1.91 bits per heavy atom. The molecule has 2 aromatic carbocycles. The maximum atomic E-state index is 13.9. The highest BCUT2D eigenvalue weighted by atomic mass is 16.5. The van der Waals surface area contributed by atoms with E-state index >= 15 is 0 Å². The van der Waals surface area contributed by atoms with Gasteiger partial charge in [0.25, 0.3) is 5.91 Å². The number of aromatic amines is 1. The van der Waals surface area contributed by atoms with Crippen molar-refractivity contribution in [1.82, 2.24) is 15.2 Å². The summed E-state index contributed by atoms with van der Waals surface area (Å²) < 4.78 is 11.2. The standard InChI is InChI=1S/C34H39N3O6/c1-42-31-13-7-11-25-24(31)17-27(35-25)33(41)37-21-34(14-15-34)18-28(37)32(40)36-26(16-23-10-5-6-12-29(23)38)30(39)20-43-19-22-8-3-2-4-9-22/h2-4,7-9,11,13,17,23,26,28,35H,5-6,10,12,14-16,18-21H2,1H3,(H,36,40)/t23-,26-,28-/m0/s1. The quantitative estimate of drug-likeness (QED) is 0.340. The van der Waals surface area contributed by atoms with Crippen LogP contribution in [0, 0.1) is 11.3 Å². The SMILES string of the molecule is COc1cccc2[nH]c(C(=O)N3CC4(CC4)C[C@H]3C(=O)N[C@@H](C[C@@H]3CCCCC3=O)C(=O)COCc3ccccc3)cc12. The molecule has 43 heavy (non-hydrogen) atoms. The molecule has 0 bridgehead atoms. The summed E-state index contributed by atoms with van der Waals surface area (Å²) in [6.07, 6.45) is 5.76. The lowest BCUT2D eigenvalue weighted by Gasteiger charge is -2.28. The number of ether oxygens (including phenoxy) is 2. The van der Waals surface area contributed by atoms with Crippen molar-refractivity contribution < 1.29 is 28.7 Å². The number of hydrogen-bond donors (Lipinski definition) is 2. The van der Waals surface area contributed by atoms with E-state index in [4.69, 9.17) is 9.47 Å². The zero-order valence-electron chi connectivity index (χ0n) is 24.6. The first-order valence-corrected chi connectivity index (χ1v) is 15.3. The fourth-order valence-electron chi connectivity index (χ4n) is 6.69. The van der Waals surface area contributed by atoms with E-state index in [9.17, 15) is 19.2 Å². The van der Waals surface area contributed by atoms with Crippen LogP contribution in [0.25, 0.3) is 10.9 Å². The third-order valence-electron chi connectivity index (χ3n) is 9.37. The molecule has 1 saturated heterocycles. The summed E-state index contributed by atoms with van der Waals surface area (Å²) in [5.41, 5.74) is 2.06. The van der Waals surface area contributed by atoms with E-state index in [1.165, 1.54) is 0 Å². The number of nitrogens with one attached hydrogen (secondary N) is 2. The molecule has 9 nitrogen and oxygen atoms in total. The van der Waals surface area contributed by atoms with Crippen LogP contribution in [0.4, 0.5) is 0 Å². The molecule has 226 valence electrons. The number of carbonyl (C=O) groups is 4. The lowest BCUT2D eigenvalue weighted by Crippen LogP contribution is -2.52. The van der Waals surface area contributed by atoms with Gasteiger partial charge in [-0.15, -0.1) is 0 Å². The van der Waals surface area contributed by atoms with Crippen LogP contribution in [0.2, 0.25) is 0 Å². The van der Waals surface area contributed by atoms with Gasteiger partial charge in [0.05, 0.1) is 19.8 Å². The Kier molecular flexibility index (Phi) is 8.34. The van der Waals surface area contributed by atoms with Gasteiger partial charge in [-0.1, -0.05) is 42.8 Å². The van der Waals surface area contributed by atoms with Gasteiger partial charge in [0.1, 0.15) is 29.9 Å². The molecule has 9 heteroatoms. The van der Waals surface area contributed by atoms with Gasteiger partial charge in [0, 0.05) is 29.8 Å². The Balaban J connectivity index is 1.18. The zero-order chi connectivity index (χ0) is 30.0. The van der Waals surface area contributed by atoms with Gasteiger partial charge in [0.15, 0.2) is 5.78 Å². The highest BCUT2D eigenvalue weighted by molar-refractivity contribution is 6.02. The lowest BCUT2D eigenvalue weighted by molar-refractivity contribution is -0.134. The number of likely N-dealkylation sites (tertiary alicyclic amines) is 1. The molecule has 1 aromatic heterocycles. The monoisotopic (exact) mass is 585 g/mol. The lowest BCUT2D eigenvalue weighted by atomic mass is 9.83. The minimum absolute atomic E-state index is 0.0565. The largest absolute Gasteiger partial charge is 0.496 e. The summed E-state index contributed by atoms with van der Waals surface area (Å²) >= 11 is 0. The Hall–Kier alpha value is -3.98. The molecular weight excluding hydrogens is 546 g/mol. The van der Waals surface area contributed by atoms with E-state index in [-0.39, 0.29) is 54.3 Å². The molecule has 1 spiro atoms. The van der Waals surface area contributed by atoms with Crippen LogP contribution in [0.3, 0.4) is 0 Å². The number of carbonyl (C=O) groups excluding carboxylic acids is 4. The third kappa shape index (κ3) is 6.37. The fourth-order valence-corrected chi connectivity index (χ4v) is 6.69. The second-order valence-corrected chi connectivity index (χ2v) is 12.4. The number of fused-ring (bicyclic) bond motifs is 1. The van der Waals surface area contributed by atoms with Crippen molar-refractivity contribution in [3.8, 4) is 5.75 Å². The van der Waals surface area contributed by atoms with Gasteiger partial charge in [-0.25, -0.2) is 0 Å². The van der Waals surface area contributed by atoms with Crippen LogP contribution in [0.1, 0.15) is 67.4 Å². The molecule has 3 atom stereocenters. The summed E-state index contributed by atoms with van der Waals surface area (Å²) in [5, 5.41) is 3.78. The number of ketones is 2. The molecule has 0 unspecified atom stereocenters. The molecule has 2 amide bonds. The topological polar surface area (TPSA) is 118 Å². The molecule has 6 rings (SSSR count). The van der Waals surface area contributed by atoms with Gasteiger partial charge in [-0.2, -0.15) is 0 Å². The normalized spacial score (nSPS) is 21.6. The highest BCUT2D eigenvalue weighted by Gasteiger charge is 2.55. The number of rotatable bonds is 11. The predicted molar refractivity (Wildman–Crippen MR) is 161 cm³/mol. The van der Waals surface area contributed by atoms with Gasteiger partial charge < -0.3 is 24.7 Å². The first-order chi connectivity index (χ1) is 20.9. The summed E-state index contributed by atoms with van der Waals surface area (Å²) in [5.74, 6) is -0.325. The summed E-state index contributed by atoms with van der Waals surface area (Å²) in [7, 11) is 1.59. The molecule has 3 fully saturated rings. The van der Waals surface area contributed by atoms with Crippen molar-refractivity contribution in [2.24, 2.45) is 11.3 Å². The van der Waals surface area contributed by atoms with Crippen molar-refractivity contribution in [2.45, 2.75) is 70.1 Å². The van der Waals surface area contributed by atoms with E-state index in [2.05, 4.69) is 10.3 Å². The molecule has 1 aliphatic heterocycles. The number of nitrogens with zero attached hydrogens (tertiary/aromatic N) is 1. The molecule has 3 aromatic rings. The molecule has 3 aliphatic rings. The number of aromatic nitrogens is 1. The Morgan fingerprint density at radius 1 is 1.09 bits per heavy atom. The fraction of sp³-hybridized carbons (Fsp3) is 0.471. The Bertz CT molecular complexity index is 1510. The highest BCUT2D eigenvalue weighted by Crippen LogP contribution is 2.55. The van der Waals surface area contributed by atoms with E-state index in [0.717, 1.165) is 42.1 Å². The van der Waals surface area contributed by atoms with Gasteiger partial charge in [-0.05, 0) is 67.7 Å². The van der Waals surface area contributed by atoms with Crippen molar-refractivity contribution in [1.29, 1.82) is 0 Å². The number of Topliss-reactive ketones (excluding diaryl/α,β-unsaturated/α-hetero) is 2. The van der Waals surface area contributed by atoms with E-state index in [0.29, 0.717) is 37.3 Å². The Morgan fingerprint density at radius 3 is 2.65 bits per heavy atom. The van der Waals surface area contributed by atoms with Crippen LogP contribution in [-0.2, 0) is 25.7 Å². The molecule has 2 aliphatic carbocycles. The van der Waals surface area contributed by atoms with Crippen molar-refractivity contribution in [3.63, 3.8) is 0 Å². The molecular formula is C34H39N3O6. The van der Waals surface area contributed by atoms with Gasteiger partial charge in [-0.3, -0.25) is 19.2 Å². The van der Waals surface area contributed by atoms with Crippen LogP contribution >= 0.6 is 0 Å². The molecule has 0 radical (unpaired) electrons. The summed E-state index contributed by atoms with van der Waals surface area (Å²) in [6, 6.07) is 15.4. The number of benzene rings is 2. The van der Waals surface area contributed by atoms with E-state index in [1.807, 2.05) is 48.5 Å². The van der Waals surface area contributed by atoms with Crippen LogP contribution in [-0.4, -0.2) is 65.6 Å². The van der Waals surface area contributed by atoms with E-state index in [1.54, 1.807) is 18.1 Å². The predicted octanol–water partition coefficient (Wildman–Crippen LogP) is 4.59. The van der Waals surface area contributed by atoms with Crippen molar-refractivity contribution in [2.75, 3.05) is 20.3 Å². The van der Waals surface area contributed by atoms with Gasteiger partial charge in [0.2, 0.25) is 5.91 Å². The first kappa shape index (κ1) is 29.1. The smallest absolute Gasteiger partial charge is 0.271 e. The minimum atomic E-state index is -0.861. The number of hydrogen-bond acceptors (Lipinski definition) is 6. The van der Waals surface area contributed by atoms with E-state index < -0.39 is 12.1 Å². The van der Waals surface area contributed by atoms with Crippen molar-refractivity contribution in [3.05, 3.63) is 65.9 Å². The molecule has 2 N–H and O–H groups in total. The number of amides is 2. The van der Waals surface area contributed by atoms with Crippen molar-refractivity contribution >= 4 is 34.3 Å². The second-order valence-electron chi connectivity index (χ2n) is 12.4. The summed E-state index contributed by atoms with van der Waals surface area (Å²) in [6.45, 7) is 0.601. The maximum Gasteiger partial charge on any atom is 0.271 e. The number of H-pyrrole nitrogens is 1. The Labute approximate surface area is 251 Å². The molecule has 2 saturated carbocycles. The van der Waals surface area contributed by atoms with Gasteiger partial charge >= 0.3 is 0 Å². The minimum Gasteiger partial charge on any atom is -0.496 e. The van der Waals surface area contributed by atoms with Crippen LogP contribution < -0.4 is 10.1 Å². The average molecular weight is 586 g/mol. The number of methoxy groups -OCH3 is 1. The zero-order valence-corrected chi connectivity index (χ0v) is 24.6. The average Bonchev–Trinajstić information content (AvgIpc) is 3.45. The second kappa shape index (κ2) is 12.3. The third-order valence-corrected chi connectivity index (χ3v) is 9.37. The van der Waals surface area contributed by atoms with Crippen LogP contribution in [0.15, 0.2) is 54.6 Å². The maximum absolute atomic E-state index is 13.9. The summed E-state index contributed by atoms with van der Waals surface area (Å²) in [4.78, 5) is 58.7.